The van der Waals surface area contributed by atoms with Crippen LogP contribution in [0.2, 0.25) is 5.02 Å². The molecule has 2 aromatic carbocycles. The third-order valence-electron chi connectivity index (χ3n) is 5.67. The zero-order valence-electron chi connectivity index (χ0n) is 14.1. The molecule has 2 aromatic rings. The van der Waals surface area contributed by atoms with Crippen molar-refractivity contribution in [3.05, 3.63) is 70.7 Å². The van der Waals surface area contributed by atoms with Gasteiger partial charge >= 0.3 is 0 Å². The minimum Gasteiger partial charge on any atom is -0.341 e. The molecule has 2 N–H and O–H groups in total. The third kappa shape index (κ3) is 3.31. The van der Waals surface area contributed by atoms with Crippen LogP contribution in [0.4, 0.5) is 0 Å². The molecular weight excluding hydrogens is 332 g/mol. The summed E-state index contributed by atoms with van der Waals surface area (Å²) < 4.78 is 0. The van der Waals surface area contributed by atoms with Gasteiger partial charge in [0, 0.05) is 29.9 Å². The SMILES string of the molecule is NC[C@@H]1CN(C(=O)C2CC2c2cccc(Cl)c2)C[C@H]1c1ccccc1. The fraction of sp³-hybridized carbons (Fsp3) is 0.381. The van der Waals surface area contributed by atoms with Crippen LogP contribution < -0.4 is 5.73 Å². The number of carbonyl (C=O) groups excluding carboxylic acids is 1. The normalized spacial score (nSPS) is 28.2. The summed E-state index contributed by atoms with van der Waals surface area (Å²) in [6.45, 7) is 2.17. The monoisotopic (exact) mass is 354 g/mol. The lowest BCUT2D eigenvalue weighted by Crippen LogP contribution is -2.31. The Kier molecular flexibility index (Phi) is 4.53. The number of halogens is 1. The van der Waals surface area contributed by atoms with E-state index in [0.29, 0.717) is 24.3 Å². The van der Waals surface area contributed by atoms with Crippen molar-refractivity contribution in [2.24, 2.45) is 17.6 Å². The van der Waals surface area contributed by atoms with Gasteiger partial charge in [0.1, 0.15) is 0 Å². The summed E-state index contributed by atoms with van der Waals surface area (Å²) in [5.74, 6) is 1.39. The van der Waals surface area contributed by atoms with Crippen LogP contribution in [0.1, 0.15) is 29.4 Å². The van der Waals surface area contributed by atoms with Crippen molar-refractivity contribution in [2.45, 2.75) is 18.3 Å². The molecular formula is C21H23ClN2O. The summed E-state index contributed by atoms with van der Waals surface area (Å²) in [5, 5.41) is 0.740. The Bertz CT molecular complexity index is 764. The predicted octanol–water partition coefficient (Wildman–Crippen LogP) is 3.64. The molecule has 130 valence electrons. The molecule has 1 amide bonds. The molecule has 2 aliphatic rings. The van der Waals surface area contributed by atoms with Gasteiger partial charge in [-0.05, 0) is 48.1 Å². The average molecular weight is 355 g/mol. The van der Waals surface area contributed by atoms with Crippen LogP contribution in [-0.2, 0) is 4.79 Å². The van der Waals surface area contributed by atoms with E-state index in [1.54, 1.807) is 0 Å². The summed E-state index contributed by atoms with van der Waals surface area (Å²) in [5.41, 5.74) is 8.47. The van der Waals surface area contributed by atoms with E-state index < -0.39 is 0 Å². The minimum atomic E-state index is 0.103. The number of rotatable bonds is 4. The molecule has 25 heavy (non-hydrogen) atoms. The molecule has 3 nitrogen and oxygen atoms in total. The van der Waals surface area contributed by atoms with Crippen molar-refractivity contribution in [3.63, 3.8) is 0 Å². The first-order chi connectivity index (χ1) is 12.2. The largest absolute Gasteiger partial charge is 0.341 e. The lowest BCUT2D eigenvalue weighted by molar-refractivity contribution is -0.131. The van der Waals surface area contributed by atoms with E-state index in [9.17, 15) is 4.79 Å². The number of hydrogen-bond acceptors (Lipinski definition) is 2. The van der Waals surface area contributed by atoms with Gasteiger partial charge in [-0.1, -0.05) is 54.1 Å². The first-order valence-corrected chi connectivity index (χ1v) is 9.34. The van der Waals surface area contributed by atoms with Crippen molar-refractivity contribution in [2.75, 3.05) is 19.6 Å². The number of carbonyl (C=O) groups is 1. The van der Waals surface area contributed by atoms with Crippen molar-refractivity contribution < 1.29 is 4.79 Å². The van der Waals surface area contributed by atoms with Gasteiger partial charge in [-0.3, -0.25) is 4.79 Å². The van der Waals surface area contributed by atoms with E-state index in [-0.39, 0.29) is 11.8 Å². The molecule has 4 rings (SSSR count). The summed E-state index contributed by atoms with van der Waals surface area (Å²) in [6.07, 6.45) is 0.930. The number of benzene rings is 2. The van der Waals surface area contributed by atoms with Crippen LogP contribution in [0, 0.1) is 11.8 Å². The Morgan fingerprint density at radius 3 is 2.52 bits per heavy atom. The van der Waals surface area contributed by atoms with Gasteiger partial charge in [0.05, 0.1) is 0 Å². The third-order valence-corrected chi connectivity index (χ3v) is 5.90. The molecule has 0 bridgehead atoms. The fourth-order valence-electron chi connectivity index (χ4n) is 4.18. The number of amides is 1. The highest BCUT2D eigenvalue weighted by Crippen LogP contribution is 2.49. The Morgan fingerprint density at radius 1 is 1.04 bits per heavy atom. The number of nitrogens with two attached hydrogens (primary N) is 1. The highest BCUT2D eigenvalue weighted by Gasteiger charge is 2.48. The standard InChI is InChI=1S/C21H23ClN2O/c22-17-8-4-7-15(9-17)18-10-19(18)21(25)24-12-16(11-23)20(13-24)14-5-2-1-3-6-14/h1-9,16,18-20H,10-13,23H2/t16-,18?,19?,20+/m1/s1. The smallest absolute Gasteiger partial charge is 0.226 e. The van der Waals surface area contributed by atoms with Gasteiger partial charge in [0.25, 0.3) is 0 Å². The van der Waals surface area contributed by atoms with Crippen LogP contribution in [-0.4, -0.2) is 30.4 Å². The lowest BCUT2D eigenvalue weighted by Gasteiger charge is -2.17. The van der Waals surface area contributed by atoms with Crippen molar-refractivity contribution >= 4 is 17.5 Å². The van der Waals surface area contributed by atoms with Crippen molar-refractivity contribution in [1.29, 1.82) is 0 Å². The summed E-state index contributed by atoms with van der Waals surface area (Å²) in [7, 11) is 0. The van der Waals surface area contributed by atoms with E-state index in [2.05, 4.69) is 30.3 Å². The lowest BCUT2D eigenvalue weighted by atomic mass is 9.89. The van der Waals surface area contributed by atoms with Gasteiger partial charge < -0.3 is 10.6 Å². The van der Waals surface area contributed by atoms with Gasteiger partial charge in [0.2, 0.25) is 5.91 Å². The van der Waals surface area contributed by atoms with Crippen LogP contribution in [0.3, 0.4) is 0 Å². The van der Waals surface area contributed by atoms with Gasteiger partial charge in [-0.15, -0.1) is 0 Å². The highest BCUT2D eigenvalue weighted by molar-refractivity contribution is 6.30. The number of nitrogens with zero attached hydrogens (tertiary/aromatic N) is 1. The maximum Gasteiger partial charge on any atom is 0.226 e. The van der Waals surface area contributed by atoms with Crippen molar-refractivity contribution in [3.8, 4) is 0 Å². The zero-order valence-corrected chi connectivity index (χ0v) is 14.9. The van der Waals surface area contributed by atoms with Crippen LogP contribution in [0.15, 0.2) is 54.6 Å². The summed E-state index contributed by atoms with van der Waals surface area (Å²) in [4.78, 5) is 15.0. The Labute approximate surface area is 153 Å². The molecule has 2 fully saturated rings. The van der Waals surface area contributed by atoms with E-state index in [4.69, 9.17) is 17.3 Å². The second kappa shape index (κ2) is 6.81. The summed E-state index contributed by atoms with van der Waals surface area (Å²) >= 11 is 6.09. The van der Waals surface area contributed by atoms with Crippen LogP contribution >= 0.6 is 11.6 Å². The molecule has 1 saturated heterocycles. The molecule has 4 atom stereocenters. The molecule has 1 saturated carbocycles. The van der Waals surface area contributed by atoms with Crippen molar-refractivity contribution in [1.82, 2.24) is 4.90 Å². The quantitative estimate of drug-likeness (QED) is 0.911. The highest BCUT2D eigenvalue weighted by atomic mass is 35.5. The van der Waals surface area contributed by atoms with Gasteiger partial charge in [-0.25, -0.2) is 0 Å². The number of hydrogen-bond donors (Lipinski definition) is 1. The first kappa shape index (κ1) is 16.6. The predicted molar refractivity (Wildman–Crippen MR) is 101 cm³/mol. The maximum absolute atomic E-state index is 13.0. The molecule has 1 aliphatic carbocycles. The van der Waals surface area contributed by atoms with E-state index >= 15 is 0 Å². The average Bonchev–Trinajstić information content (AvgIpc) is 3.33. The summed E-state index contributed by atoms with van der Waals surface area (Å²) in [6, 6.07) is 18.3. The van der Waals surface area contributed by atoms with E-state index in [1.165, 1.54) is 11.1 Å². The fourth-order valence-corrected chi connectivity index (χ4v) is 4.37. The van der Waals surface area contributed by atoms with E-state index in [1.807, 2.05) is 29.2 Å². The van der Waals surface area contributed by atoms with Gasteiger partial charge in [-0.2, -0.15) is 0 Å². The molecule has 0 aromatic heterocycles. The molecule has 0 radical (unpaired) electrons. The topological polar surface area (TPSA) is 46.3 Å². The Hall–Kier alpha value is -1.84. The minimum absolute atomic E-state index is 0.103. The Morgan fingerprint density at radius 2 is 1.80 bits per heavy atom. The second-order valence-corrected chi connectivity index (χ2v) is 7.70. The zero-order chi connectivity index (χ0) is 17.4. The number of likely N-dealkylation sites (tertiary alicyclic amines) is 1. The second-order valence-electron chi connectivity index (χ2n) is 7.26. The van der Waals surface area contributed by atoms with Gasteiger partial charge in [0.15, 0.2) is 0 Å². The molecule has 2 unspecified atom stereocenters. The maximum atomic E-state index is 13.0. The molecule has 1 aliphatic heterocycles. The first-order valence-electron chi connectivity index (χ1n) is 8.96. The molecule has 4 heteroatoms. The van der Waals surface area contributed by atoms with Crippen LogP contribution in [0.25, 0.3) is 0 Å². The van der Waals surface area contributed by atoms with E-state index in [0.717, 1.165) is 24.5 Å². The Balaban J connectivity index is 1.45. The molecule has 0 spiro atoms. The molecule has 1 heterocycles. The van der Waals surface area contributed by atoms with Crippen LogP contribution in [0.5, 0.6) is 0 Å².